The van der Waals surface area contributed by atoms with E-state index in [-0.39, 0.29) is 10.6 Å². The standard InChI is InChI=1S/C14H19BrN2O2/c1-10-5-3-2-4-6-12(10)16-13-8-7-11(15)9-14(13)17(18)19/h7-10,12,16H,2-6H2,1H3. The number of rotatable bonds is 3. The molecule has 0 spiro atoms. The fourth-order valence-electron chi connectivity index (χ4n) is 2.69. The molecule has 1 aromatic carbocycles. The second kappa shape index (κ2) is 6.37. The number of nitro benzene ring substituents is 1. The maximum absolute atomic E-state index is 11.1. The van der Waals surface area contributed by atoms with Crippen LogP contribution in [0.5, 0.6) is 0 Å². The summed E-state index contributed by atoms with van der Waals surface area (Å²) in [6.45, 7) is 2.23. The van der Waals surface area contributed by atoms with E-state index in [0.717, 1.165) is 10.9 Å². The first-order chi connectivity index (χ1) is 9.08. The molecule has 0 aliphatic heterocycles. The maximum Gasteiger partial charge on any atom is 0.293 e. The van der Waals surface area contributed by atoms with Crippen LogP contribution in [0.2, 0.25) is 0 Å². The lowest BCUT2D eigenvalue weighted by molar-refractivity contribution is -0.384. The first kappa shape index (κ1) is 14.3. The molecule has 0 radical (unpaired) electrons. The molecule has 104 valence electrons. The molecular weight excluding hydrogens is 308 g/mol. The lowest BCUT2D eigenvalue weighted by atomic mass is 9.96. The van der Waals surface area contributed by atoms with E-state index in [1.165, 1.54) is 25.7 Å². The van der Waals surface area contributed by atoms with Crippen molar-refractivity contribution in [2.45, 2.75) is 45.1 Å². The van der Waals surface area contributed by atoms with Crippen molar-refractivity contribution in [2.24, 2.45) is 5.92 Å². The Kier molecular flexibility index (Phi) is 4.80. The van der Waals surface area contributed by atoms with Gasteiger partial charge in [-0.25, -0.2) is 0 Å². The van der Waals surface area contributed by atoms with Gasteiger partial charge in [0.2, 0.25) is 0 Å². The molecule has 0 bridgehead atoms. The first-order valence-corrected chi connectivity index (χ1v) is 7.57. The molecule has 0 saturated heterocycles. The van der Waals surface area contributed by atoms with Crippen LogP contribution in [0.15, 0.2) is 22.7 Å². The van der Waals surface area contributed by atoms with Crippen LogP contribution in [-0.4, -0.2) is 11.0 Å². The van der Waals surface area contributed by atoms with Gasteiger partial charge in [-0.05, 0) is 30.9 Å². The van der Waals surface area contributed by atoms with Gasteiger partial charge in [0.25, 0.3) is 5.69 Å². The molecule has 4 nitrogen and oxygen atoms in total. The van der Waals surface area contributed by atoms with Gasteiger partial charge in [0.15, 0.2) is 0 Å². The topological polar surface area (TPSA) is 55.2 Å². The van der Waals surface area contributed by atoms with Crippen LogP contribution >= 0.6 is 15.9 Å². The number of hydrogen-bond acceptors (Lipinski definition) is 3. The predicted octanol–water partition coefficient (Wildman–Crippen LogP) is 4.74. The molecule has 0 heterocycles. The second-order valence-electron chi connectivity index (χ2n) is 5.28. The number of nitro groups is 1. The van der Waals surface area contributed by atoms with Gasteiger partial charge in [-0.15, -0.1) is 0 Å². The Bertz CT molecular complexity index is 465. The molecule has 1 saturated carbocycles. The fraction of sp³-hybridized carbons (Fsp3) is 0.571. The first-order valence-electron chi connectivity index (χ1n) is 6.78. The van der Waals surface area contributed by atoms with Gasteiger partial charge in [-0.1, -0.05) is 42.1 Å². The zero-order valence-corrected chi connectivity index (χ0v) is 12.6. The molecule has 2 atom stereocenters. The van der Waals surface area contributed by atoms with E-state index in [0.29, 0.717) is 17.6 Å². The third kappa shape index (κ3) is 3.69. The van der Waals surface area contributed by atoms with E-state index in [9.17, 15) is 10.1 Å². The van der Waals surface area contributed by atoms with E-state index >= 15 is 0 Å². The third-order valence-electron chi connectivity index (χ3n) is 3.86. The molecule has 2 unspecified atom stereocenters. The summed E-state index contributed by atoms with van der Waals surface area (Å²) in [5.74, 6) is 0.561. The Morgan fingerprint density at radius 1 is 1.32 bits per heavy atom. The smallest absolute Gasteiger partial charge is 0.293 e. The predicted molar refractivity (Wildman–Crippen MR) is 80.5 cm³/mol. The van der Waals surface area contributed by atoms with Crippen molar-refractivity contribution < 1.29 is 4.92 Å². The lowest BCUT2D eigenvalue weighted by Gasteiger charge is -2.23. The van der Waals surface area contributed by atoms with Crippen molar-refractivity contribution in [1.29, 1.82) is 0 Å². The van der Waals surface area contributed by atoms with Crippen LogP contribution < -0.4 is 5.32 Å². The van der Waals surface area contributed by atoms with E-state index in [1.54, 1.807) is 12.1 Å². The molecule has 1 aliphatic carbocycles. The number of nitrogens with one attached hydrogen (secondary N) is 1. The summed E-state index contributed by atoms with van der Waals surface area (Å²) < 4.78 is 0.735. The normalized spacial score (nSPS) is 23.7. The van der Waals surface area contributed by atoms with Crippen molar-refractivity contribution >= 4 is 27.3 Å². The Morgan fingerprint density at radius 3 is 2.79 bits per heavy atom. The summed E-state index contributed by atoms with van der Waals surface area (Å²) in [7, 11) is 0. The van der Waals surface area contributed by atoms with Crippen molar-refractivity contribution in [1.82, 2.24) is 0 Å². The summed E-state index contributed by atoms with van der Waals surface area (Å²) in [6.07, 6.45) is 6.02. The van der Waals surface area contributed by atoms with Crippen LogP contribution in [0.4, 0.5) is 11.4 Å². The molecule has 1 aliphatic rings. The highest BCUT2D eigenvalue weighted by molar-refractivity contribution is 9.10. The van der Waals surface area contributed by atoms with Gasteiger partial charge in [-0.3, -0.25) is 10.1 Å². The minimum absolute atomic E-state index is 0.144. The van der Waals surface area contributed by atoms with Crippen molar-refractivity contribution in [3.05, 3.63) is 32.8 Å². The number of halogens is 1. The Balaban J connectivity index is 2.19. The van der Waals surface area contributed by atoms with Gasteiger partial charge in [0.05, 0.1) is 4.92 Å². The van der Waals surface area contributed by atoms with E-state index in [2.05, 4.69) is 28.2 Å². The summed E-state index contributed by atoms with van der Waals surface area (Å²) in [6, 6.07) is 5.53. The van der Waals surface area contributed by atoms with Gasteiger partial charge < -0.3 is 5.32 Å². The molecule has 1 aromatic rings. The number of anilines is 1. The zero-order chi connectivity index (χ0) is 13.8. The van der Waals surface area contributed by atoms with Crippen LogP contribution in [0.3, 0.4) is 0 Å². The highest BCUT2D eigenvalue weighted by Crippen LogP contribution is 2.32. The highest BCUT2D eigenvalue weighted by Gasteiger charge is 2.23. The third-order valence-corrected chi connectivity index (χ3v) is 4.35. The maximum atomic E-state index is 11.1. The summed E-state index contributed by atoms with van der Waals surface area (Å²) in [5, 5.41) is 14.5. The van der Waals surface area contributed by atoms with E-state index in [1.807, 2.05) is 6.07 Å². The SMILES string of the molecule is CC1CCCCCC1Nc1ccc(Br)cc1[N+](=O)[O-]. The summed E-state index contributed by atoms with van der Waals surface area (Å²) in [5.41, 5.74) is 0.776. The lowest BCUT2D eigenvalue weighted by Crippen LogP contribution is -2.26. The largest absolute Gasteiger partial charge is 0.376 e. The van der Waals surface area contributed by atoms with Gasteiger partial charge in [-0.2, -0.15) is 0 Å². The Hall–Kier alpha value is -1.10. The monoisotopic (exact) mass is 326 g/mol. The molecule has 0 aromatic heterocycles. The summed E-state index contributed by atoms with van der Waals surface area (Å²) in [4.78, 5) is 10.8. The van der Waals surface area contributed by atoms with Crippen LogP contribution in [0.25, 0.3) is 0 Å². The summed E-state index contributed by atoms with van der Waals surface area (Å²) >= 11 is 3.28. The molecule has 0 amide bonds. The molecule has 5 heteroatoms. The number of hydrogen-bond donors (Lipinski definition) is 1. The van der Waals surface area contributed by atoms with Crippen LogP contribution in [0, 0.1) is 16.0 Å². The molecule has 2 rings (SSSR count). The van der Waals surface area contributed by atoms with Gasteiger partial charge >= 0.3 is 0 Å². The Morgan fingerprint density at radius 2 is 2.05 bits per heavy atom. The number of nitrogens with zero attached hydrogens (tertiary/aromatic N) is 1. The van der Waals surface area contributed by atoms with Gasteiger partial charge in [0, 0.05) is 16.6 Å². The minimum atomic E-state index is -0.325. The fourth-order valence-corrected chi connectivity index (χ4v) is 3.03. The van der Waals surface area contributed by atoms with Crippen molar-refractivity contribution in [2.75, 3.05) is 5.32 Å². The highest BCUT2D eigenvalue weighted by atomic mass is 79.9. The van der Waals surface area contributed by atoms with E-state index in [4.69, 9.17) is 0 Å². The molecule has 1 fully saturated rings. The van der Waals surface area contributed by atoms with Gasteiger partial charge in [0.1, 0.15) is 5.69 Å². The quantitative estimate of drug-likeness (QED) is 0.496. The average molecular weight is 327 g/mol. The van der Waals surface area contributed by atoms with Crippen molar-refractivity contribution in [3.8, 4) is 0 Å². The zero-order valence-electron chi connectivity index (χ0n) is 11.1. The van der Waals surface area contributed by atoms with E-state index < -0.39 is 0 Å². The molecular formula is C14H19BrN2O2. The van der Waals surface area contributed by atoms with Crippen LogP contribution in [0.1, 0.15) is 39.0 Å². The van der Waals surface area contributed by atoms with Crippen molar-refractivity contribution in [3.63, 3.8) is 0 Å². The second-order valence-corrected chi connectivity index (χ2v) is 6.20. The molecule has 19 heavy (non-hydrogen) atoms. The van der Waals surface area contributed by atoms with Crippen LogP contribution in [-0.2, 0) is 0 Å². The Labute approximate surface area is 121 Å². The molecule has 1 N–H and O–H groups in total. The average Bonchev–Trinajstić information content (AvgIpc) is 2.57. The minimum Gasteiger partial charge on any atom is -0.376 e. The number of benzene rings is 1.